The number of non-ortho nitro benzene ring substituents is 1. The highest BCUT2D eigenvalue weighted by Gasteiger charge is 2.20. The van der Waals surface area contributed by atoms with E-state index >= 15 is 0 Å². The van der Waals surface area contributed by atoms with Gasteiger partial charge in [-0.2, -0.15) is 0 Å². The SMILES string of the molecule is Cc1cccc(CNC(CO)C(O)c2ccc([N+](=O)[O-])cc2)c1C. The summed E-state index contributed by atoms with van der Waals surface area (Å²) in [5.74, 6) is 0. The molecule has 0 fully saturated rings. The zero-order valence-electron chi connectivity index (χ0n) is 13.8. The van der Waals surface area contributed by atoms with Gasteiger partial charge in [0.15, 0.2) is 0 Å². The minimum atomic E-state index is -0.957. The van der Waals surface area contributed by atoms with Crippen LogP contribution in [-0.2, 0) is 6.54 Å². The number of aliphatic hydroxyl groups excluding tert-OH is 2. The largest absolute Gasteiger partial charge is 0.395 e. The minimum Gasteiger partial charge on any atom is -0.395 e. The van der Waals surface area contributed by atoms with Gasteiger partial charge in [0.1, 0.15) is 0 Å². The standard InChI is InChI=1S/C18H22N2O4/c1-12-4-3-5-15(13(12)2)10-19-17(11-21)18(22)14-6-8-16(9-7-14)20(23)24/h3-9,17-19,21-22H,10-11H2,1-2H3. The number of nitro benzene ring substituents is 1. The van der Waals surface area contributed by atoms with Crippen molar-refractivity contribution in [2.24, 2.45) is 0 Å². The summed E-state index contributed by atoms with van der Waals surface area (Å²) in [6, 6.07) is 11.1. The van der Waals surface area contributed by atoms with E-state index in [9.17, 15) is 20.3 Å². The Morgan fingerprint density at radius 1 is 1.17 bits per heavy atom. The van der Waals surface area contributed by atoms with Crippen LogP contribution in [0.4, 0.5) is 5.69 Å². The summed E-state index contributed by atoms with van der Waals surface area (Å²) in [5.41, 5.74) is 3.95. The lowest BCUT2D eigenvalue weighted by Crippen LogP contribution is -2.37. The number of nitrogens with zero attached hydrogens (tertiary/aromatic N) is 1. The Morgan fingerprint density at radius 3 is 2.42 bits per heavy atom. The molecule has 2 rings (SSSR count). The van der Waals surface area contributed by atoms with Gasteiger partial charge in [-0.3, -0.25) is 10.1 Å². The van der Waals surface area contributed by atoms with Gasteiger partial charge in [0.05, 0.1) is 23.7 Å². The highest BCUT2D eigenvalue weighted by Crippen LogP contribution is 2.21. The van der Waals surface area contributed by atoms with Crippen molar-refractivity contribution in [2.45, 2.75) is 32.5 Å². The van der Waals surface area contributed by atoms with Gasteiger partial charge in [-0.05, 0) is 48.2 Å². The van der Waals surface area contributed by atoms with Crippen LogP contribution < -0.4 is 5.32 Å². The lowest BCUT2D eigenvalue weighted by molar-refractivity contribution is -0.384. The van der Waals surface area contributed by atoms with E-state index in [1.807, 2.05) is 32.0 Å². The van der Waals surface area contributed by atoms with Crippen LogP contribution in [0.15, 0.2) is 42.5 Å². The molecule has 0 saturated heterocycles. The number of hydrogen-bond acceptors (Lipinski definition) is 5. The number of benzene rings is 2. The first kappa shape index (κ1) is 18.1. The van der Waals surface area contributed by atoms with Gasteiger partial charge in [0.25, 0.3) is 5.69 Å². The lowest BCUT2D eigenvalue weighted by Gasteiger charge is -2.23. The minimum absolute atomic E-state index is 0.0326. The molecular formula is C18H22N2O4. The Kier molecular flexibility index (Phi) is 6.03. The molecule has 2 unspecified atom stereocenters. The van der Waals surface area contributed by atoms with Crippen molar-refractivity contribution < 1.29 is 15.1 Å². The Labute approximate surface area is 140 Å². The zero-order chi connectivity index (χ0) is 17.7. The van der Waals surface area contributed by atoms with Gasteiger partial charge in [-0.25, -0.2) is 0 Å². The van der Waals surface area contributed by atoms with Crippen molar-refractivity contribution >= 4 is 5.69 Å². The average Bonchev–Trinajstić information content (AvgIpc) is 2.58. The highest BCUT2D eigenvalue weighted by atomic mass is 16.6. The monoisotopic (exact) mass is 330 g/mol. The second-order valence-electron chi connectivity index (χ2n) is 5.82. The fourth-order valence-corrected chi connectivity index (χ4v) is 2.55. The molecule has 128 valence electrons. The molecule has 2 atom stereocenters. The first-order chi connectivity index (χ1) is 11.4. The van der Waals surface area contributed by atoms with Gasteiger partial charge in [0.2, 0.25) is 0 Å². The molecule has 0 aliphatic carbocycles. The molecule has 0 radical (unpaired) electrons. The maximum Gasteiger partial charge on any atom is 0.269 e. The van der Waals surface area contributed by atoms with Crippen molar-refractivity contribution in [1.29, 1.82) is 0 Å². The molecule has 0 aliphatic heterocycles. The molecule has 3 N–H and O–H groups in total. The van der Waals surface area contributed by atoms with E-state index in [0.717, 1.165) is 5.56 Å². The molecule has 6 heteroatoms. The number of rotatable bonds is 7. The van der Waals surface area contributed by atoms with E-state index in [1.165, 1.54) is 35.4 Å². The van der Waals surface area contributed by atoms with Crippen LogP contribution in [0.3, 0.4) is 0 Å². The summed E-state index contributed by atoms with van der Waals surface area (Å²) >= 11 is 0. The van der Waals surface area contributed by atoms with Crippen molar-refractivity contribution in [3.8, 4) is 0 Å². The molecule has 6 nitrogen and oxygen atoms in total. The topological polar surface area (TPSA) is 95.6 Å². The average molecular weight is 330 g/mol. The summed E-state index contributed by atoms with van der Waals surface area (Å²) in [6.07, 6.45) is -0.957. The molecule has 2 aromatic carbocycles. The molecule has 0 saturated carbocycles. The van der Waals surface area contributed by atoms with E-state index in [-0.39, 0.29) is 12.3 Å². The van der Waals surface area contributed by atoms with Crippen LogP contribution in [0.2, 0.25) is 0 Å². The molecule has 0 heterocycles. The number of hydrogen-bond donors (Lipinski definition) is 3. The van der Waals surface area contributed by atoms with Crippen LogP contribution in [0.1, 0.15) is 28.4 Å². The molecule has 0 aliphatic rings. The second-order valence-corrected chi connectivity index (χ2v) is 5.82. The smallest absolute Gasteiger partial charge is 0.269 e. The molecule has 24 heavy (non-hydrogen) atoms. The Bertz CT molecular complexity index is 701. The van der Waals surface area contributed by atoms with E-state index < -0.39 is 17.1 Å². The van der Waals surface area contributed by atoms with Gasteiger partial charge in [-0.15, -0.1) is 0 Å². The third-order valence-electron chi connectivity index (χ3n) is 4.29. The lowest BCUT2D eigenvalue weighted by atomic mass is 10.0. The van der Waals surface area contributed by atoms with E-state index in [4.69, 9.17) is 0 Å². The van der Waals surface area contributed by atoms with Crippen molar-refractivity contribution in [3.05, 3.63) is 74.8 Å². The third kappa shape index (κ3) is 4.17. The van der Waals surface area contributed by atoms with E-state index in [0.29, 0.717) is 12.1 Å². The van der Waals surface area contributed by atoms with Gasteiger partial charge in [-0.1, -0.05) is 18.2 Å². The van der Waals surface area contributed by atoms with Crippen molar-refractivity contribution in [2.75, 3.05) is 6.61 Å². The number of nitrogens with one attached hydrogen (secondary N) is 1. The molecule has 0 amide bonds. The van der Waals surface area contributed by atoms with Crippen LogP contribution in [-0.4, -0.2) is 27.8 Å². The number of aryl methyl sites for hydroxylation is 1. The fourth-order valence-electron chi connectivity index (χ4n) is 2.55. The molecule has 0 aromatic heterocycles. The third-order valence-corrected chi connectivity index (χ3v) is 4.29. The summed E-state index contributed by atoms with van der Waals surface area (Å²) in [4.78, 5) is 10.2. The van der Waals surface area contributed by atoms with E-state index in [2.05, 4.69) is 5.32 Å². The van der Waals surface area contributed by atoms with Gasteiger partial charge >= 0.3 is 0 Å². The summed E-state index contributed by atoms with van der Waals surface area (Å²) in [7, 11) is 0. The molecule has 0 spiro atoms. The normalized spacial score (nSPS) is 13.5. The maximum absolute atomic E-state index is 10.7. The van der Waals surface area contributed by atoms with Crippen LogP contribution in [0.5, 0.6) is 0 Å². The first-order valence-electron chi connectivity index (χ1n) is 7.75. The highest BCUT2D eigenvalue weighted by molar-refractivity contribution is 5.35. The van der Waals surface area contributed by atoms with Crippen molar-refractivity contribution in [1.82, 2.24) is 5.32 Å². The second kappa shape index (κ2) is 8.01. The van der Waals surface area contributed by atoms with E-state index in [1.54, 1.807) is 0 Å². The summed E-state index contributed by atoms with van der Waals surface area (Å²) in [5, 5.41) is 33.8. The Hall–Kier alpha value is -2.28. The molecule has 0 bridgehead atoms. The summed E-state index contributed by atoms with van der Waals surface area (Å²) in [6.45, 7) is 4.34. The molecular weight excluding hydrogens is 308 g/mol. The predicted molar refractivity (Wildman–Crippen MR) is 91.7 cm³/mol. The number of aliphatic hydroxyl groups is 2. The quantitative estimate of drug-likeness (QED) is 0.535. The molecule has 2 aromatic rings. The predicted octanol–water partition coefficient (Wildman–Crippen LogP) is 2.40. The zero-order valence-corrected chi connectivity index (χ0v) is 13.8. The Balaban J connectivity index is 2.07. The van der Waals surface area contributed by atoms with Gasteiger partial charge in [0, 0.05) is 18.7 Å². The maximum atomic E-state index is 10.7. The first-order valence-corrected chi connectivity index (χ1v) is 7.75. The van der Waals surface area contributed by atoms with Crippen LogP contribution >= 0.6 is 0 Å². The Morgan fingerprint density at radius 2 is 1.83 bits per heavy atom. The number of nitro groups is 1. The fraction of sp³-hybridized carbons (Fsp3) is 0.333. The van der Waals surface area contributed by atoms with Gasteiger partial charge < -0.3 is 15.5 Å². The van der Waals surface area contributed by atoms with Crippen LogP contribution in [0.25, 0.3) is 0 Å². The van der Waals surface area contributed by atoms with Crippen LogP contribution in [0, 0.1) is 24.0 Å². The summed E-state index contributed by atoms with van der Waals surface area (Å²) < 4.78 is 0. The van der Waals surface area contributed by atoms with Crippen molar-refractivity contribution in [3.63, 3.8) is 0 Å².